The second-order valence-corrected chi connectivity index (χ2v) is 6.31. The largest absolute Gasteiger partial charge is 0.383 e. The fourth-order valence-corrected chi connectivity index (χ4v) is 3.12. The molecule has 7 nitrogen and oxygen atoms in total. The number of nitrogens with zero attached hydrogens (tertiary/aromatic N) is 3. The molecule has 2 amide bonds. The summed E-state index contributed by atoms with van der Waals surface area (Å²) in [6.45, 7) is 1.08. The third kappa shape index (κ3) is 3.91. The van der Waals surface area contributed by atoms with Crippen molar-refractivity contribution in [2.24, 2.45) is 7.05 Å². The minimum absolute atomic E-state index is 0.00813. The van der Waals surface area contributed by atoms with Crippen LogP contribution in [0.2, 0.25) is 0 Å². The Morgan fingerprint density at radius 3 is 3.00 bits per heavy atom. The van der Waals surface area contributed by atoms with E-state index in [4.69, 9.17) is 4.74 Å². The molecule has 3 rings (SSSR count). The fraction of sp³-hybridized carbons (Fsp3) is 0.389. The van der Waals surface area contributed by atoms with Crippen LogP contribution in [0.25, 0.3) is 0 Å². The summed E-state index contributed by atoms with van der Waals surface area (Å²) < 4.78 is 20.5. The lowest BCUT2D eigenvalue weighted by Gasteiger charge is -2.30. The molecule has 0 radical (unpaired) electrons. The van der Waals surface area contributed by atoms with Gasteiger partial charge < -0.3 is 15.0 Å². The summed E-state index contributed by atoms with van der Waals surface area (Å²) >= 11 is 0. The lowest BCUT2D eigenvalue weighted by molar-refractivity contribution is -0.136. The molecular formula is C18H21FN4O3. The van der Waals surface area contributed by atoms with Gasteiger partial charge in [-0.05, 0) is 23.8 Å². The number of ether oxygens (including phenoxy) is 1. The molecule has 2 aromatic rings. The fourth-order valence-electron chi connectivity index (χ4n) is 3.12. The van der Waals surface area contributed by atoms with Crippen LogP contribution in [0.15, 0.2) is 30.6 Å². The highest BCUT2D eigenvalue weighted by atomic mass is 19.1. The van der Waals surface area contributed by atoms with Gasteiger partial charge in [0.1, 0.15) is 5.82 Å². The molecule has 0 saturated heterocycles. The predicted octanol–water partition coefficient (Wildman–Crippen LogP) is 1.66. The molecule has 1 unspecified atom stereocenters. The van der Waals surface area contributed by atoms with Gasteiger partial charge in [0.05, 0.1) is 18.7 Å². The monoisotopic (exact) mass is 360 g/mol. The van der Waals surface area contributed by atoms with Crippen molar-refractivity contribution < 1.29 is 18.7 Å². The van der Waals surface area contributed by atoms with E-state index >= 15 is 0 Å². The van der Waals surface area contributed by atoms with E-state index in [0.29, 0.717) is 30.9 Å². The van der Waals surface area contributed by atoms with E-state index < -0.39 is 11.7 Å². The van der Waals surface area contributed by atoms with Gasteiger partial charge in [0.15, 0.2) is 0 Å². The van der Waals surface area contributed by atoms with Crippen LogP contribution in [0.3, 0.4) is 0 Å². The zero-order chi connectivity index (χ0) is 18.7. The number of aromatic nitrogens is 2. The van der Waals surface area contributed by atoms with E-state index in [1.807, 2.05) is 6.20 Å². The van der Waals surface area contributed by atoms with Crippen molar-refractivity contribution in [1.82, 2.24) is 14.7 Å². The summed E-state index contributed by atoms with van der Waals surface area (Å²) in [6, 6.07) is 4.07. The molecule has 1 atom stereocenters. The Kier molecular flexibility index (Phi) is 5.32. The molecule has 1 aromatic carbocycles. The summed E-state index contributed by atoms with van der Waals surface area (Å²) in [5, 5.41) is 6.81. The summed E-state index contributed by atoms with van der Waals surface area (Å²) in [6.07, 6.45) is 3.51. The molecule has 1 N–H and O–H groups in total. The Balaban J connectivity index is 1.88. The van der Waals surface area contributed by atoms with Gasteiger partial charge in [-0.15, -0.1) is 0 Å². The molecule has 8 heteroatoms. The van der Waals surface area contributed by atoms with Crippen molar-refractivity contribution in [2.75, 3.05) is 25.6 Å². The smallest absolute Gasteiger partial charge is 0.231 e. The summed E-state index contributed by atoms with van der Waals surface area (Å²) in [5.41, 5.74) is 1.86. The molecule has 0 aliphatic carbocycles. The number of hydrogen-bond donors (Lipinski definition) is 1. The van der Waals surface area contributed by atoms with Crippen LogP contribution >= 0.6 is 0 Å². The van der Waals surface area contributed by atoms with Gasteiger partial charge in [-0.1, -0.05) is 0 Å². The predicted molar refractivity (Wildman–Crippen MR) is 92.9 cm³/mol. The number of hydrogen-bond acceptors (Lipinski definition) is 4. The van der Waals surface area contributed by atoms with E-state index in [9.17, 15) is 14.0 Å². The van der Waals surface area contributed by atoms with Gasteiger partial charge in [0.25, 0.3) is 0 Å². The maximum atomic E-state index is 13.7. The van der Waals surface area contributed by atoms with Crippen molar-refractivity contribution in [1.29, 1.82) is 0 Å². The van der Waals surface area contributed by atoms with Crippen molar-refractivity contribution >= 4 is 17.5 Å². The maximum absolute atomic E-state index is 13.7. The highest BCUT2D eigenvalue weighted by Crippen LogP contribution is 2.34. The number of carbonyl (C=O) groups is 2. The number of carbonyl (C=O) groups excluding carboxylic acids is 2. The topological polar surface area (TPSA) is 76.5 Å². The van der Waals surface area contributed by atoms with Gasteiger partial charge in [-0.2, -0.15) is 5.10 Å². The Hall–Kier alpha value is -2.74. The first-order valence-corrected chi connectivity index (χ1v) is 8.32. The second kappa shape index (κ2) is 7.65. The quantitative estimate of drug-likeness (QED) is 0.850. The first-order valence-electron chi connectivity index (χ1n) is 8.32. The van der Waals surface area contributed by atoms with E-state index in [2.05, 4.69) is 10.4 Å². The summed E-state index contributed by atoms with van der Waals surface area (Å²) in [4.78, 5) is 26.8. The Morgan fingerprint density at radius 2 is 2.31 bits per heavy atom. The lowest BCUT2D eigenvalue weighted by Crippen LogP contribution is -2.40. The molecule has 0 fully saturated rings. The molecule has 1 aliphatic rings. The third-order valence-corrected chi connectivity index (χ3v) is 4.36. The average molecular weight is 360 g/mol. The van der Waals surface area contributed by atoms with Gasteiger partial charge in [-0.3, -0.25) is 14.3 Å². The highest BCUT2D eigenvalue weighted by Gasteiger charge is 2.34. The van der Waals surface area contributed by atoms with Crippen LogP contribution in [0.1, 0.15) is 23.5 Å². The van der Waals surface area contributed by atoms with E-state index in [0.717, 1.165) is 5.56 Å². The molecule has 2 heterocycles. The van der Waals surface area contributed by atoms with Gasteiger partial charge in [0.2, 0.25) is 11.8 Å². The van der Waals surface area contributed by atoms with Gasteiger partial charge in [0, 0.05) is 51.1 Å². The Labute approximate surface area is 150 Å². The molecule has 138 valence electrons. The SMILES string of the molecule is COCCN(Cc1cnn(C)c1)C(=O)C1CC(=O)Nc2ccc(F)cc21. The van der Waals surface area contributed by atoms with Crippen molar-refractivity contribution in [3.8, 4) is 0 Å². The van der Waals surface area contributed by atoms with E-state index in [1.54, 1.807) is 29.9 Å². The number of methoxy groups -OCH3 is 1. The summed E-state index contributed by atoms with van der Waals surface area (Å²) in [5.74, 6) is -1.64. The van der Waals surface area contributed by atoms with Gasteiger partial charge in [-0.25, -0.2) is 4.39 Å². The lowest BCUT2D eigenvalue weighted by atomic mass is 9.89. The van der Waals surface area contributed by atoms with Gasteiger partial charge >= 0.3 is 0 Å². The molecule has 26 heavy (non-hydrogen) atoms. The summed E-state index contributed by atoms with van der Waals surface area (Å²) in [7, 11) is 3.36. The van der Waals surface area contributed by atoms with Crippen molar-refractivity contribution in [2.45, 2.75) is 18.9 Å². The maximum Gasteiger partial charge on any atom is 0.231 e. The zero-order valence-electron chi connectivity index (χ0n) is 14.7. The van der Waals surface area contributed by atoms with Crippen LogP contribution < -0.4 is 5.32 Å². The molecule has 1 aliphatic heterocycles. The standard InChI is InChI=1S/C18H21FN4O3/c1-22-10-12(9-20-22)11-23(5-6-26-2)18(25)15-8-17(24)21-16-4-3-13(19)7-14(15)16/h3-4,7,9-10,15H,5-6,8,11H2,1-2H3,(H,21,24). The number of halogens is 1. The van der Waals surface area contributed by atoms with Crippen LogP contribution in [0, 0.1) is 5.82 Å². The number of rotatable bonds is 6. The minimum atomic E-state index is -0.719. The molecule has 0 spiro atoms. The minimum Gasteiger partial charge on any atom is -0.383 e. The van der Waals surface area contributed by atoms with Crippen LogP contribution in [0.4, 0.5) is 10.1 Å². The number of amides is 2. The highest BCUT2D eigenvalue weighted by molar-refractivity contribution is 6.01. The Morgan fingerprint density at radius 1 is 1.50 bits per heavy atom. The van der Waals surface area contributed by atoms with Crippen LogP contribution in [-0.2, 0) is 27.9 Å². The second-order valence-electron chi connectivity index (χ2n) is 6.31. The van der Waals surface area contributed by atoms with E-state index in [1.165, 1.54) is 18.2 Å². The first kappa shape index (κ1) is 18.1. The Bertz CT molecular complexity index is 821. The molecule has 0 bridgehead atoms. The third-order valence-electron chi connectivity index (χ3n) is 4.36. The average Bonchev–Trinajstić information content (AvgIpc) is 3.02. The normalized spacial score (nSPS) is 16.1. The first-order chi connectivity index (χ1) is 12.5. The number of anilines is 1. The zero-order valence-corrected chi connectivity index (χ0v) is 14.7. The number of benzene rings is 1. The number of fused-ring (bicyclic) bond motifs is 1. The molecular weight excluding hydrogens is 339 g/mol. The van der Waals surface area contributed by atoms with Crippen LogP contribution in [0.5, 0.6) is 0 Å². The molecule has 0 saturated carbocycles. The van der Waals surface area contributed by atoms with Crippen molar-refractivity contribution in [3.05, 3.63) is 47.5 Å². The number of aryl methyl sites for hydroxylation is 1. The molecule has 1 aromatic heterocycles. The van der Waals surface area contributed by atoms with Crippen LogP contribution in [-0.4, -0.2) is 46.8 Å². The van der Waals surface area contributed by atoms with Crippen molar-refractivity contribution in [3.63, 3.8) is 0 Å². The number of nitrogens with one attached hydrogen (secondary N) is 1. The van der Waals surface area contributed by atoms with E-state index in [-0.39, 0.29) is 18.2 Å².